The molecule has 6 nitrogen and oxygen atoms in total. The first-order valence-electron chi connectivity index (χ1n) is 4.75. The third kappa shape index (κ3) is 2.66. The average Bonchev–Trinajstić information content (AvgIpc) is 2.49. The first-order chi connectivity index (χ1) is 7.38. The van der Waals surface area contributed by atoms with Crippen molar-refractivity contribution < 1.29 is 19.5 Å². The Labute approximate surface area is 97.4 Å². The summed E-state index contributed by atoms with van der Waals surface area (Å²) in [6, 6.07) is -0.586. The molecule has 0 radical (unpaired) electrons. The molecule has 0 aromatic rings. The molecular formula is C9H14N2O4S. The van der Waals surface area contributed by atoms with E-state index in [4.69, 9.17) is 5.11 Å². The first kappa shape index (κ1) is 12.8. The fourth-order valence-electron chi connectivity index (χ4n) is 1.50. The molecule has 0 bridgehead atoms. The molecule has 1 atom stereocenters. The first-order valence-corrected chi connectivity index (χ1v) is 5.74. The van der Waals surface area contributed by atoms with Crippen LogP contribution in [0.5, 0.6) is 0 Å². The van der Waals surface area contributed by atoms with Gasteiger partial charge >= 0.3 is 5.97 Å². The maximum Gasteiger partial charge on any atom is 0.322 e. The van der Waals surface area contributed by atoms with Crippen LogP contribution in [0.25, 0.3) is 0 Å². The highest BCUT2D eigenvalue weighted by Crippen LogP contribution is 2.37. The Hall–Kier alpha value is -1.24. The predicted molar refractivity (Wildman–Crippen MR) is 58.9 cm³/mol. The number of rotatable bonds is 4. The second-order valence-electron chi connectivity index (χ2n) is 3.90. The van der Waals surface area contributed by atoms with E-state index in [-0.39, 0.29) is 0 Å². The van der Waals surface area contributed by atoms with Crippen molar-refractivity contribution in [2.75, 3.05) is 12.3 Å². The molecule has 7 heteroatoms. The topological polar surface area (TPSA) is 86.7 Å². The summed E-state index contributed by atoms with van der Waals surface area (Å²) in [6.45, 7) is 3.26. The maximum atomic E-state index is 11.6. The molecule has 1 rings (SSSR count). The molecule has 1 saturated heterocycles. The van der Waals surface area contributed by atoms with E-state index in [1.54, 1.807) is 0 Å². The Bertz CT molecular complexity index is 319. The van der Waals surface area contributed by atoms with Gasteiger partial charge in [0.2, 0.25) is 12.3 Å². The van der Waals surface area contributed by atoms with Gasteiger partial charge in [-0.3, -0.25) is 14.4 Å². The Morgan fingerprint density at radius 3 is 2.75 bits per heavy atom. The summed E-state index contributed by atoms with van der Waals surface area (Å²) in [6.07, 6.45) is 0.630. The molecule has 1 aliphatic rings. The van der Waals surface area contributed by atoms with Gasteiger partial charge in [0.25, 0.3) is 0 Å². The zero-order valence-electron chi connectivity index (χ0n) is 9.10. The molecule has 0 spiro atoms. The lowest BCUT2D eigenvalue weighted by atomic mass is 10.2. The molecular weight excluding hydrogens is 232 g/mol. The second-order valence-corrected chi connectivity index (χ2v) is 5.52. The Morgan fingerprint density at radius 1 is 1.62 bits per heavy atom. The number of hydrogen-bond donors (Lipinski definition) is 2. The van der Waals surface area contributed by atoms with E-state index in [0.717, 1.165) is 0 Å². The van der Waals surface area contributed by atoms with E-state index in [2.05, 4.69) is 5.32 Å². The number of carbonyl (C=O) groups excluding carboxylic acids is 2. The van der Waals surface area contributed by atoms with Gasteiger partial charge in [-0.25, -0.2) is 0 Å². The van der Waals surface area contributed by atoms with Crippen LogP contribution in [0.3, 0.4) is 0 Å². The Balaban J connectivity index is 2.63. The molecule has 2 N–H and O–H groups in total. The smallest absolute Gasteiger partial charge is 0.322 e. The van der Waals surface area contributed by atoms with E-state index in [1.807, 2.05) is 13.8 Å². The molecule has 1 heterocycles. The van der Waals surface area contributed by atoms with Crippen molar-refractivity contribution in [3.05, 3.63) is 0 Å². The molecule has 90 valence electrons. The van der Waals surface area contributed by atoms with E-state index in [9.17, 15) is 14.4 Å². The van der Waals surface area contributed by atoms with Crippen molar-refractivity contribution in [2.24, 2.45) is 0 Å². The highest BCUT2D eigenvalue weighted by molar-refractivity contribution is 8.00. The molecule has 16 heavy (non-hydrogen) atoms. The molecule has 1 unspecified atom stereocenters. The van der Waals surface area contributed by atoms with E-state index >= 15 is 0 Å². The number of thioether (sulfide) groups is 1. The van der Waals surface area contributed by atoms with Crippen LogP contribution in [-0.2, 0) is 14.4 Å². The summed E-state index contributed by atoms with van der Waals surface area (Å²) in [5.74, 6) is -1.04. The van der Waals surface area contributed by atoms with Gasteiger partial charge in [-0.2, -0.15) is 0 Å². The van der Waals surface area contributed by atoms with Crippen LogP contribution in [0.2, 0.25) is 0 Å². The van der Waals surface area contributed by atoms with Gasteiger partial charge in [0.1, 0.15) is 12.6 Å². The minimum absolute atomic E-state index is 0.423. The minimum atomic E-state index is -1.10. The van der Waals surface area contributed by atoms with Crippen LogP contribution in [0.15, 0.2) is 0 Å². The van der Waals surface area contributed by atoms with Crippen LogP contribution in [-0.4, -0.2) is 51.5 Å². The molecule has 2 amide bonds. The van der Waals surface area contributed by atoms with Crippen molar-refractivity contribution >= 4 is 30.0 Å². The van der Waals surface area contributed by atoms with Gasteiger partial charge in [0, 0.05) is 5.75 Å². The van der Waals surface area contributed by atoms with Crippen molar-refractivity contribution in [3.8, 4) is 0 Å². The molecule has 1 aliphatic heterocycles. The third-order valence-corrected chi connectivity index (χ3v) is 3.78. The summed E-state index contributed by atoms with van der Waals surface area (Å²) < 4.78 is 0. The monoisotopic (exact) mass is 246 g/mol. The number of amides is 2. The summed E-state index contributed by atoms with van der Waals surface area (Å²) in [5.41, 5.74) is 0. The summed E-state index contributed by atoms with van der Waals surface area (Å²) in [7, 11) is 0. The van der Waals surface area contributed by atoms with Crippen molar-refractivity contribution in [1.82, 2.24) is 10.2 Å². The lowest BCUT2D eigenvalue weighted by molar-refractivity contribution is -0.139. The lowest BCUT2D eigenvalue weighted by Gasteiger charge is -2.30. The number of nitrogens with zero attached hydrogens (tertiary/aromatic N) is 1. The van der Waals surface area contributed by atoms with Crippen molar-refractivity contribution in [1.29, 1.82) is 0 Å². The predicted octanol–water partition coefficient (Wildman–Crippen LogP) is -0.503. The number of aliphatic carboxylic acids is 1. The van der Waals surface area contributed by atoms with E-state index in [0.29, 0.717) is 12.2 Å². The van der Waals surface area contributed by atoms with Gasteiger partial charge < -0.3 is 15.3 Å². The van der Waals surface area contributed by atoms with Crippen LogP contribution >= 0.6 is 11.8 Å². The number of hydrogen-bond acceptors (Lipinski definition) is 4. The van der Waals surface area contributed by atoms with Gasteiger partial charge in [0.05, 0.1) is 4.87 Å². The standard InChI is InChI=1S/C9H14N2O4S/c1-9(2)11(5-12)6(4-16-9)8(15)10-3-7(13)14/h5-6H,3-4H2,1-2H3,(H,10,15)(H,13,14). The molecule has 0 aromatic heterocycles. The van der Waals surface area contributed by atoms with Gasteiger partial charge in [-0.15, -0.1) is 11.8 Å². The van der Waals surface area contributed by atoms with Gasteiger partial charge in [-0.05, 0) is 13.8 Å². The normalized spacial score (nSPS) is 22.9. The van der Waals surface area contributed by atoms with Gasteiger partial charge in [-0.1, -0.05) is 0 Å². The fraction of sp³-hybridized carbons (Fsp3) is 0.667. The van der Waals surface area contributed by atoms with E-state index < -0.39 is 29.3 Å². The second kappa shape index (κ2) is 4.73. The highest BCUT2D eigenvalue weighted by atomic mass is 32.2. The summed E-state index contributed by atoms with van der Waals surface area (Å²) >= 11 is 1.49. The maximum absolute atomic E-state index is 11.6. The molecule has 0 aliphatic carbocycles. The molecule has 1 fully saturated rings. The number of carboxylic acid groups (broad SMARTS) is 1. The lowest BCUT2D eigenvalue weighted by Crippen LogP contribution is -2.50. The fourth-order valence-corrected chi connectivity index (χ4v) is 2.69. The summed E-state index contributed by atoms with van der Waals surface area (Å²) in [4.78, 5) is 33.8. The third-order valence-electron chi connectivity index (χ3n) is 2.38. The average molecular weight is 246 g/mol. The van der Waals surface area contributed by atoms with Crippen LogP contribution < -0.4 is 5.32 Å². The van der Waals surface area contributed by atoms with Gasteiger partial charge in [0.15, 0.2) is 0 Å². The minimum Gasteiger partial charge on any atom is -0.480 e. The largest absolute Gasteiger partial charge is 0.480 e. The van der Waals surface area contributed by atoms with Crippen LogP contribution in [0.1, 0.15) is 13.8 Å². The van der Waals surface area contributed by atoms with Crippen LogP contribution in [0.4, 0.5) is 0 Å². The highest BCUT2D eigenvalue weighted by Gasteiger charge is 2.42. The van der Waals surface area contributed by atoms with Crippen molar-refractivity contribution in [2.45, 2.75) is 24.8 Å². The summed E-state index contributed by atoms with van der Waals surface area (Å²) in [5, 5.41) is 10.7. The Morgan fingerprint density at radius 2 is 2.25 bits per heavy atom. The van der Waals surface area contributed by atoms with E-state index in [1.165, 1.54) is 16.7 Å². The quantitative estimate of drug-likeness (QED) is 0.653. The van der Waals surface area contributed by atoms with Crippen molar-refractivity contribution in [3.63, 3.8) is 0 Å². The zero-order chi connectivity index (χ0) is 12.3. The zero-order valence-corrected chi connectivity index (χ0v) is 9.91. The van der Waals surface area contributed by atoms with Crippen LogP contribution in [0, 0.1) is 0 Å². The molecule has 0 saturated carbocycles. The SMILES string of the molecule is CC1(C)SCC(C(=O)NCC(=O)O)N1C=O. The number of carbonyl (C=O) groups is 3. The molecule has 0 aromatic carbocycles. The Kier molecular flexibility index (Phi) is 3.79. The number of carboxylic acids is 1. The number of nitrogens with one attached hydrogen (secondary N) is 1.